The van der Waals surface area contributed by atoms with Crippen LogP contribution in [0.25, 0.3) is 22.8 Å². The molecule has 0 radical (unpaired) electrons. The maximum Gasteiger partial charge on any atom is 0.209 e. The highest BCUT2D eigenvalue weighted by atomic mass is 16.6. The van der Waals surface area contributed by atoms with Crippen LogP contribution in [-0.2, 0) is 0 Å². The lowest BCUT2D eigenvalue weighted by Gasteiger charge is -2.19. The number of rotatable bonds is 3. The zero-order valence-electron chi connectivity index (χ0n) is 15.6. The van der Waals surface area contributed by atoms with Gasteiger partial charge in [0.05, 0.1) is 29.5 Å². The monoisotopic (exact) mass is 387 g/mol. The molecule has 0 saturated carbocycles. The number of hydrogen-bond acceptors (Lipinski definition) is 6. The van der Waals surface area contributed by atoms with Crippen LogP contribution in [0.1, 0.15) is 5.56 Å². The van der Waals surface area contributed by atoms with Crippen molar-refractivity contribution in [3.8, 4) is 34.3 Å². The van der Waals surface area contributed by atoms with E-state index in [-0.39, 0.29) is 5.43 Å². The van der Waals surface area contributed by atoms with Crippen LogP contribution in [0.3, 0.4) is 0 Å². The lowest BCUT2D eigenvalue weighted by atomic mass is 10.2. The van der Waals surface area contributed by atoms with Gasteiger partial charge in [-0.1, -0.05) is 0 Å². The van der Waals surface area contributed by atoms with Crippen molar-refractivity contribution in [3.05, 3.63) is 77.0 Å². The van der Waals surface area contributed by atoms with Gasteiger partial charge >= 0.3 is 0 Å². The molecule has 8 nitrogen and oxygen atoms in total. The van der Waals surface area contributed by atoms with Crippen LogP contribution >= 0.6 is 0 Å². The normalized spacial score (nSPS) is 12.7. The molecule has 0 bridgehead atoms. The number of nitrogens with zero attached hydrogens (tertiary/aromatic N) is 5. The molecular formula is C21H17N5O3. The van der Waals surface area contributed by atoms with Gasteiger partial charge in [-0.05, 0) is 36.8 Å². The van der Waals surface area contributed by atoms with Crippen LogP contribution in [-0.4, -0.2) is 37.8 Å². The summed E-state index contributed by atoms with van der Waals surface area (Å²) in [6.07, 6.45) is 6.74. The van der Waals surface area contributed by atoms with Gasteiger partial charge in [0.2, 0.25) is 5.43 Å². The first kappa shape index (κ1) is 17.2. The fourth-order valence-corrected chi connectivity index (χ4v) is 3.25. The zero-order chi connectivity index (χ0) is 19.8. The number of fused-ring (bicyclic) bond motifs is 1. The Morgan fingerprint density at radius 1 is 0.966 bits per heavy atom. The third-order valence-electron chi connectivity index (χ3n) is 4.59. The van der Waals surface area contributed by atoms with Crippen molar-refractivity contribution in [1.29, 1.82) is 0 Å². The molecule has 1 aliphatic heterocycles. The quantitative estimate of drug-likeness (QED) is 0.537. The van der Waals surface area contributed by atoms with E-state index in [1.54, 1.807) is 40.2 Å². The number of benzene rings is 1. The average molecular weight is 387 g/mol. The Hall–Kier alpha value is -3.94. The van der Waals surface area contributed by atoms with Crippen molar-refractivity contribution in [1.82, 2.24) is 24.5 Å². The van der Waals surface area contributed by atoms with Gasteiger partial charge in [0, 0.05) is 24.5 Å². The van der Waals surface area contributed by atoms with E-state index in [0.717, 1.165) is 16.9 Å². The Bertz CT molecular complexity index is 1260. The molecule has 5 rings (SSSR count). The Labute approximate surface area is 166 Å². The molecule has 0 amide bonds. The smallest absolute Gasteiger partial charge is 0.209 e. The second-order valence-electron chi connectivity index (χ2n) is 6.65. The lowest BCUT2D eigenvalue weighted by molar-refractivity contribution is 0.171. The average Bonchev–Trinajstić information content (AvgIpc) is 3.23. The predicted molar refractivity (Wildman–Crippen MR) is 106 cm³/mol. The van der Waals surface area contributed by atoms with Crippen LogP contribution in [0.5, 0.6) is 11.5 Å². The van der Waals surface area contributed by atoms with E-state index in [1.165, 1.54) is 6.07 Å². The Kier molecular flexibility index (Phi) is 4.09. The highest BCUT2D eigenvalue weighted by Gasteiger charge is 2.17. The summed E-state index contributed by atoms with van der Waals surface area (Å²) in [5, 5.41) is 8.94. The van der Waals surface area contributed by atoms with Crippen molar-refractivity contribution in [2.24, 2.45) is 0 Å². The standard InChI is InChI=1S/C21H17N5O3/c1-14-10-16(13-22-12-14)25-7-5-18(27)21(24-25)17-4-6-23-26(17)15-2-3-19-20(11-15)29-9-8-28-19/h2-7,10-13H,8-9H2,1H3. The molecule has 0 spiro atoms. The van der Waals surface area contributed by atoms with Crippen molar-refractivity contribution < 1.29 is 9.47 Å². The number of hydrogen-bond donors (Lipinski definition) is 0. The molecule has 0 fully saturated rings. The predicted octanol–water partition coefficient (Wildman–Crippen LogP) is 2.56. The summed E-state index contributed by atoms with van der Waals surface area (Å²) in [5.41, 5.74) is 3.22. The molecule has 4 aromatic rings. The molecule has 0 unspecified atom stereocenters. The van der Waals surface area contributed by atoms with Gasteiger partial charge in [-0.15, -0.1) is 0 Å². The SMILES string of the molecule is Cc1cncc(-n2ccc(=O)c(-c3ccnn3-c3ccc4c(c3)OCCO4)n2)c1. The van der Waals surface area contributed by atoms with E-state index in [1.807, 2.05) is 31.2 Å². The van der Waals surface area contributed by atoms with Gasteiger partial charge in [-0.3, -0.25) is 9.78 Å². The molecule has 8 heteroatoms. The summed E-state index contributed by atoms with van der Waals surface area (Å²) in [6.45, 7) is 2.98. The van der Waals surface area contributed by atoms with Crippen LogP contribution < -0.4 is 14.9 Å². The van der Waals surface area contributed by atoms with Gasteiger partial charge in [0.25, 0.3) is 0 Å². The zero-order valence-corrected chi connectivity index (χ0v) is 15.6. The summed E-state index contributed by atoms with van der Waals surface area (Å²) in [4.78, 5) is 16.8. The highest BCUT2D eigenvalue weighted by Crippen LogP contribution is 2.32. The first-order chi connectivity index (χ1) is 14.2. The van der Waals surface area contributed by atoms with E-state index in [4.69, 9.17) is 9.47 Å². The molecule has 0 atom stereocenters. The number of pyridine rings is 1. The molecule has 0 saturated heterocycles. The molecular weight excluding hydrogens is 370 g/mol. The molecule has 0 N–H and O–H groups in total. The van der Waals surface area contributed by atoms with Crippen molar-refractivity contribution in [3.63, 3.8) is 0 Å². The second-order valence-corrected chi connectivity index (χ2v) is 6.65. The largest absolute Gasteiger partial charge is 0.486 e. The van der Waals surface area contributed by atoms with Gasteiger partial charge in [-0.2, -0.15) is 10.2 Å². The molecule has 1 aromatic carbocycles. The highest BCUT2D eigenvalue weighted by molar-refractivity contribution is 5.59. The third kappa shape index (κ3) is 3.14. The second kappa shape index (κ2) is 6.90. The molecule has 3 aromatic heterocycles. The third-order valence-corrected chi connectivity index (χ3v) is 4.59. The first-order valence-electron chi connectivity index (χ1n) is 9.15. The first-order valence-corrected chi connectivity index (χ1v) is 9.15. The number of ether oxygens (including phenoxy) is 2. The number of aromatic nitrogens is 5. The maximum absolute atomic E-state index is 12.6. The summed E-state index contributed by atoms with van der Waals surface area (Å²) < 4.78 is 14.5. The van der Waals surface area contributed by atoms with E-state index < -0.39 is 0 Å². The van der Waals surface area contributed by atoms with Crippen molar-refractivity contribution >= 4 is 0 Å². The Balaban J connectivity index is 1.61. The fraction of sp³-hybridized carbons (Fsp3) is 0.143. The van der Waals surface area contributed by atoms with Gasteiger partial charge in [-0.25, -0.2) is 9.36 Å². The minimum Gasteiger partial charge on any atom is -0.486 e. The molecule has 144 valence electrons. The maximum atomic E-state index is 12.6. The summed E-state index contributed by atoms with van der Waals surface area (Å²) in [6, 6.07) is 10.8. The van der Waals surface area contributed by atoms with Gasteiger partial charge in [0.15, 0.2) is 17.2 Å². The summed E-state index contributed by atoms with van der Waals surface area (Å²) >= 11 is 0. The Morgan fingerprint density at radius 3 is 2.69 bits per heavy atom. The van der Waals surface area contributed by atoms with Crippen LogP contribution in [0.4, 0.5) is 0 Å². The summed E-state index contributed by atoms with van der Waals surface area (Å²) in [5.74, 6) is 1.35. The molecule has 1 aliphatic rings. The van der Waals surface area contributed by atoms with E-state index in [0.29, 0.717) is 36.1 Å². The van der Waals surface area contributed by atoms with Crippen LogP contribution in [0, 0.1) is 6.92 Å². The summed E-state index contributed by atoms with van der Waals surface area (Å²) in [7, 11) is 0. The van der Waals surface area contributed by atoms with E-state index >= 15 is 0 Å². The molecule has 0 aliphatic carbocycles. The Morgan fingerprint density at radius 2 is 1.83 bits per heavy atom. The van der Waals surface area contributed by atoms with Crippen molar-refractivity contribution in [2.75, 3.05) is 13.2 Å². The van der Waals surface area contributed by atoms with Gasteiger partial charge < -0.3 is 9.47 Å². The fourth-order valence-electron chi connectivity index (χ4n) is 3.25. The van der Waals surface area contributed by atoms with Crippen LogP contribution in [0.15, 0.2) is 66.0 Å². The molecule has 29 heavy (non-hydrogen) atoms. The molecule has 4 heterocycles. The van der Waals surface area contributed by atoms with Crippen molar-refractivity contribution in [2.45, 2.75) is 6.92 Å². The van der Waals surface area contributed by atoms with E-state index in [9.17, 15) is 4.79 Å². The minimum atomic E-state index is -0.193. The van der Waals surface area contributed by atoms with Gasteiger partial charge in [0.1, 0.15) is 13.2 Å². The van der Waals surface area contributed by atoms with Crippen LogP contribution in [0.2, 0.25) is 0 Å². The minimum absolute atomic E-state index is 0.193. The topological polar surface area (TPSA) is 84.1 Å². The number of aryl methyl sites for hydroxylation is 1. The lowest BCUT2D eigenvalue weighted by Crippen LogP contribution is -2.16. The van der Waals surface area contributed by atoms with E-state index in [2.05, 4.69) is 15.2 Å².